The quantitative estimate of drug-likeness (QED) is 0.504. The summed E-state index contributed by atoms with van der Waals surface area (Å²) in [4.78, 5) is 11.4. The van der Waals surface area contributed by atoms with Crippen LogP contribution in [-0.4, -0.2) is 33.8 Å². The van der Waals surface area contributed by atoms with Gasteiger partial charge in [0.15, 0.2) is 0 Å². The predicted octanol–water partition coefficient (Wildman–Crippen LogP) is -0.0765. The van der Waals surface area contributed by atoms with E-state index < -0.39 is 18.6 Å². The summed E-state index contributed by atoms with van der Waals surface area (Å²) >= 11 is 0. The standard InChI is InChI=1S/C11H20BNO4/c1-6-8-5-7(3-2-4-12(16)17)11(13,9(6)8)10(14)15/h6-9,16-17H,2-5,13H2,1H3,(H,14,15)/t6-,7?,8+,9-,11?/m1/s1. The van der Waals surface area contributed by atoms with Gasteiger partial charge in [0.1, 0.15) is 5.54 Å². The first kappa shape index (κ1) is 12.9. The van der Waals surface area contributed by atoms with Crippen molar-refractivity contribution in [3.63, 3.8) is 0 Å². The number of carbonyl (C=O) groups is 1. The Balaban J connectivity index is 1.97. The summed E-state index contributed by atoms with van der Waals surface area (Å²) in [6.45, 7) is 2.06. The lowest BCUT2D eigenvalue weighted by atomic mass is 9.76. The molecule has 2 fully saturated rings. The molecule has 5 atom stereocenters. The summed E-state index contributed by atoms with van der Waals surface area (Å²) in [6, 6.07) is 0. The van der Waals surface area contributed by atoms with E-state index in [0.29, 0.717) is 24.7 Å². The van der Waals surface area contributed by atoms with Gasteiger partial charge >= 0.3 is 13.1 Å². The molecule has 2 saturated carbocycles. The van der Waals surface area contributed by atoms with Crippen LogP contribution in [0.15, 0.2) is 0 Å². The summed E-state index contributed by atoms with van der Waals surface area (Å²) in [5.74, 6) is 0.0776. The molecule has 17 heavy (non-hydrogen) atoms. The summed E-state index contributed by atoms with van der Waals surface area (Å²) < 4.78 is 0. The lowest BCUT2D eigenvalue weighted by Gasteiger charge is -2.30. The van der Waals surface area contributed by atoms with Gasteiger partial charge in [-0.3, -0.25) is 4.79 Å². The summed E-state index contributed by atoms with van der Waals surface area (Å²) in [6.07, 6.45) is 2.44. The number of hydrogen-bond donors (Lipinski definition) is 4. The molecule has 2 aliphatic rings. The molecular weight excluding hydrogens is 221 g/mol. The van der Waals surface area contributed by atoms with E-state index in [9.17, 15) is 9.90 Å². The van der Waals surface area contributed by atoms with Crippen LogP contribution in [0.3, 0.4) is 0 Å². The van der Waals surface area contributed by atoms with Crippen molar-refractivity contribution in [3.05, 3.63) is 0 Å². The largest absolute Gasteiger partial charge is 0.480 e. The Morgan fingerprint density at radius 2 is 2.18 bits per heavy atom. The molecule has 2 unspecified atom stereocenters. The van der Waals surface area contributed by atoms with Crippen molar-refractivity contribution in [3.8, 4) is 0 Å². The maximum absolute atomic E-state index is 11.4. The third-order valence-corrected chi connectivity index (χ3v) is 4.73. The van der Waals surface area contributed by atoms with Crippen LogP contribution < -0.4 is 5.73 Å². The second kappa shape index (κ2) is 4.26. The molecule has 0 radical (unpaired) electrons. The number of nitrogens with two attached hydrogens (primary N) is 1. The Bertz CT molecular complexity index is 325. The van der Waals surface area contributed by atoms with Crippen molar-refractivity contribution in [1.29, 1.82) is 0 Å². The number of carboxylic acid groups (broad SMARTS) is 1. The fourth-order valence-corrected chi connectivity index (χ4v) is 3.71. The topological polar surface area (TPSA) is 104 Å². The molecule has 5 N–H and O–H groups in total. The first-order valence-corrected chi connectivity index (χ1v) is 6.27. The highest BCUT2D eigenvalue weighted by Gasteiger charge is 2.69. The Kier molecular flexibility index (Phi) is 3.22. The molecule has 2 aliphatic carbocycles. The molecule has 0 aromatic heterocycles. The predicted molar refractivity (Wildman–Crippen MR) is 63.0 cm³/mol. The van der Waals surface area contributed by atoms with Crippen molar-refractivity contribution < 1.29 is 19.9 Å². The van der Waals surface area contributed by atoms with Crippen LogP contribution in [0.25, 0.3) is 0 Å². The zero-order chi connectivity index (χ0) is 12.8. The Labute approximate surface area is 101 Å². The lowest BCUT2D eigenvalue weighted by molar-refractivity contribution is -0.146. The fraction of sp³-hybridized carbons (Fsp3) is 0.909. The minimum absolute atomic E-state index is 0.0232. The van der Waals surface area contributed by atoms with Gasteiger partial charge < -0.3 is 20.9 Å². The summed E-state index contributed by atoms with van der Waals surface area (Å²) in [7, 11) is -1.30. The summed E-state index contributed by atoms with van der Waals surface area (Å²) in [5, 5.41) is 26.9. The molecule has 0 amide bonds. The first-order valence-electron chi connectivity index (χ1n) is 6.27. The van der Waals surface area contributed by atoms with Gasteiger partial charge in [0, 0.05) is 0 Å². The van der Waals surface area contributed by atoms with Gasteiger partial charge in [-0.15, -0.1) is 0 Å². The average molecular weight is 241 g/mol. The number of carboxylic acids is 1. The SMILES string of the molecule is C[C@@H]1[C@@H]2CC(CCCB(O)O)C(N)(C(=O)O)[C@H]12. The molecule has 0 heterocycles. The zero-order valence-electron chi connectivity index (χ0n) is 10.0. The van der Waals surface area contributed by atoms with Crippen LogP contribution in [0.2, 0.25) is 6.32 Å². The number of fused-ring (bicyclic) bond motifs is 1. The highest BCUT2D eigenvalue weighted by Crippen LogP contribution is 2.64. The normalized spacial score (nSPS) is 43.3. The van der Waals surface area contributed by atoms with Crippen LogP contribution in [0, 0.1) is 23.7 Å². The van der Waals surface area contributed by atoms with Gasteiger partial charge in [-0.2, -0.15) is 0 Å². The molecule has 96 valence electrons. The average Bonchev–Trinajstić information content (AvgIpc) is 2.73. The van der Waals surface area contributed by atoms with Crippen LogP contribution in [-0.2, 0) is 4.79 Å². The fourth-order valence-electron chi connectivity index (χ4n) is 3.71. The van der Waals surface area contributed by atoms with Gasteiger partial charge in [-0.1, -0.05) is 13.3 Å². The maximum atomic E-state index is 11.4. The van der Waals surface area contributed by atoms with E-state index in [2.05, 4.69) is 6.92 Å². The van der Waals surface area contributed by atoms with Crippen molar-refractivity contribution in [1.82, 2.24) is 0 Å². The maximum Gasteiger partial charge on any atom is 0.451 e. The van der Waals surface area contributed by atoms with Gasteiger partial charge in [-0.25, -0.2) is 0 Å². The van der Waals surface area contributed by atoms with Crippen molar-refractivity contribution in [2.45, 2.75) is 38.0 Å². The highest BCUT2D eigenvalue weighted by molar-refractivity contribution is 6.40. The molecule has 0 saturated heterocycles. The molecule has 0 aliphatic heterocycles. The van der Waals surface area contributed by atoms with Crippen molar-refractivity contribution in [2.24, 2.45) is 29.4 Å². The van der Waals surface area contributed by atoms with Crippen LogP contribution in [0.1, 0.15) is 26.2 Å². The van der Waals surface area contributed by atoms with Crippen LogP contribution in [0.4, 0.5) is 0 Å². The third kappa shape index (κ3) is 1.98. The number of aliphatic carboxylic acids is 1. The lowest BCUT2D eigenvalue weighted by Crippen LogP contribution is -2.54. The van der Waals surface area contributed by atoms with Crippen molar-refractivity contribution >= 4 is 13.1 Å². The number of hydrogen-bond acceptors (Lipinski definition) is 4. The molecule has 2 rings (SSSR count). The van der Waals surface area contributed by atoms with Gasteiger partial charge in [0.05, 0.1) is 0 Å². The van der Waals surface area contributed by atoms with E-state index in [4.69, 9.17) is 15.8 Å². The minimum atomic E-state index is -1.30. The molecule has 6 heteroatoms. The van der Waals surface area contributed by atoms with E-state index in [1.165, 1.54) is 0 Å². The van der Waals surface area contributed by atoms with Gasteiger partial charge in [-0.05, 0) is 42.8 Å². The van der Waals surface area contributed by atoms with E-state index in [1.54, 1.807) is 0 Å². The summed E-state index contributed by atoms with van der Waals surface area (Å²) in [5.41, 5.74) is 5.02. The van der Waals surface area contributed by atoms with Crippen LogP contribution in [0.5, 0.6) is 0 Å². The number of rotatable bonds is 5. The molecular formula is C11H20BNO4. The smallest absolute Gasteiger partial charge is 0.451 e. The monoisotopic (exact) mass is 241 g/mol. The Morgan fingerprint density at radius 1 is 1.53 bits per heavy atom. The molecule has 0 aromatic rings. The Hall–Kier alpha value is -0.585. The Morgan fingerprint density at radius 3 is 2.71 bits per heavy atom. The molecule has 0 aromatic carbocycles. The molecule has 0 bridgehead atoms. The van der Waals surface area contributed by atoms with Gasteiger partial charge in [0.2, 0.25) is 0 Å². The van der Waals surface area contributed by atoms with E-state index in [-0.39, 0.29) is 18.2 Å². The third-order valence-electron chi connectivity index (χ3n) is 4.73. The van der Waals surface area contributed by atoms with Crippen molar-refractivity contribution in [2.75, 3.05) is 0 Å². The van der Waals surface area contributed by atoms with E-state index >= 15 is 0 Å². The minimum Gasteiger partial charge on any atom is -0.480 e. The molecule has 5 nitrogen and oxygen atoms in total. The first-order chi connectivity index (χ1) is 7.89. The zero-order valence-corrected chi connectivity index (χ0v) is 10.0. The van der Waals surface area contributed by atoms with E-state index in [1.807, 2.05) is 0 Å². The second-order valence-corrected chi connectivity index (χ2v) is 5.63. The van der Waals surface area contributed by atoms with E-state index in [0.717, 1.165) is 6.42 Å². The molecule has 0 spiro atoms. The second-order valence-electron chi connectivity index (χ2n) is 5.63. The highest BCUT2D eigenvalue weighted by atomic mass is 16.4. The van der Waals surface area contributed by atoms with Crippen LogP contribution >= 0.6 is 0 Å². The van der Waals surface area contributed by atoms with Gasteiger partial charge in [0.25, 0.3) is 0 Å².